The highest BCUT2D eigenvalue weighted by molar-refractivity contribution is 5.82. The molecule has 4 aromatic rings. The summed E-state index contributed by atoms with van der Waals surface area (Å²) in [5.41, 5.74) is 4.14. The van der Waals surface area contributed by atoms with E-state index < -0.39 is 0 Å². The number of fused-ring (bicyclic) bond motifs is 2. The molecule has 0 aliphatic carbocycles. The average Bonchev–Trinajstić information content (AvgIpc) is 3.58. The van der Waals surface area contributed by atoms with Crippen LogP contribution >= 0.6 is 0 Å². The molecule has 3 heterocycles. The number of hydrogen-bond acceptors (Lipinski definition) is 6. The van der Waals surface area contributed by atoms with Crippen LogP contribution < -0.4 is 24.3 Å². The van der Waals surface area contributed by atoms with E-state index in [0.29, 0.717) is 6.54 Å². The Hall–Kier alpha value is -3.90. The molecular weight excluding hydrogens is 406 g/mol. The summed E-state index contributed by atoms with van der Waals surface area (Å²) in [5.74, 6) is 4.59. The standard InChI is InChI=1S/C26H21NO5/c1-2-4-17(5-3-1)13-27-14-20-12-21(18-6-8-22-24(10-18)30-15-28-22)26(32-20)19-7-9-23-25(11-19)31-16-29-23/h1-12,27H,13-16H2. The first-order valence-electron chi connectivity index (χ1n) is 10.5. The Kier molecular flexibility index (Phi) is 4.70. The van der Waals surface area contributed by atoms with Crippen molar-refractivity contribution < 1.29 is 23.4 Å². The minimum Gasteiger partial charge on any atom is -0.459 e. The highest BCUT2D eigenvalue weighted by atomic mass is 16.7. The topological polar surface area (TPSA) is 62.1 Å². The fourth-order valence-electron chi connectivity index (χ4n) is 3.99. The van der Waals surface area contributed by atoms with Crippen molar-refractivity contribution in [2.75, 3.05) is 13.6 Å². The number of ether oxygens (including phenoxy) is 4. The van der Waals surface area contributed by atoms with E-state index in [1.54, 1.807) is 0 Å². The maximum Gasteiger partial charge on any atom is 0.231 e. The molecule has 1 aromatic heterocycles. The Balaban J connectivity index is 1.34. The van der Waals surface area contributed by atoms with Crippen molar-refractivity contribution in [3.8, 4) is 45.4 Å². The second-order valence-electron chi connectivity index (χ2n) is 7.68. The van der Waals surface area contributed by atoms with Gasteiger partial charge in [0.2, 0.25) is 13.6 Å². The summed E-state index contributed by atoms with van der Waals surface area (Å²) in [6.07, 6.45) is 0. The van der Waals surface area contributed by atoms with Crippen LogP contribution in [0, 0.1) is 0 Å². The van der Waals surface area contributed by atoms with Gasteiger partial charge in [0.1, 0.15) is 11.5 Å². The van der Waals surface area contributed by atoms with Crippen molar-refractivity contribution in [1.29, 1.82) is 0 Å². The molecule has 2 aliphatic rings. The van der Waals surface area contributed by atoms with Gasteiger partial charge in [-0.15, -0.1) is 0 Å². The van der Waals surface area contributed by atoms with Crippen LogP contribution in [0.1, 0.15) is 11.3 Å². The first-order chi connectivity index (χ1) is 15.8. The van der Waals surface area contributed by atoms with Crippen LogP contribution in [0.3, 0.4) is 0 Å². The molecule has 6 rings (SSSR count). The zero-order valence-electron chi connectivity index (χ0n) is 17.3. The van der Waals surface area contributed by atoms with E-state index in [1.165, 1.54) is 5.56 Å². The maximum atomic E-state index is 6.34. The Morgan fingerprint density at radius 3 is 2.03 bits per heavy atom. The van der Waals surface area contributed by atoms with Crippen LogP contribution in [0.5, 0.6) is 23.0 Å². The van der Waals surface area contributed by atoms with Gasteiger partial charge in [-0.2, -0.15) is 0 Å². The van der Waals surface area contributed by atoms with E-state index in [1.807, 2.05) is 54.6 Å². The molecule has 0 amide bonds. The molecule has 0 unspecified atom stereocenters. The minimum atomic E-state index is 0.237. The fraction of sp³-hybridized carbons (Fsp3) is 0.154. The SMILES string of the molecule is c1ccc(CNCc2cc(-c3ccc4c(c3)OCO4)c(-c3ccc4c(c3)OCO4)o2)cc1. The average molecular weight is 427 g/mol. The first-order valence-corrected chi connectivity index (χ1v) is 10.5. The summed E-state index contributed by atoms with van der Waals surface area (Å²) in [5, 5.41) is 3.46. The number of hydrogen-bond donors (Lipinski definition) is 1. The van der Waals surface area contributed by atoms with Gasteiger partial charge in [-0.3, -0.25) is 0 Å². The van der Waals surface area contributed by atoms with Crippen LogP contribution in [0.2, 0.25) is 0 Å². The lowest BCUT2D eigenvalue weighted by molar-refractivity contribution is 0.173. The van der Waals surface area contributed by atoms with Gasteiger partial charge in [0, 0.05) is 17.7 Å². The third-order valence-corrected chi connectivity index (χ3v) is 5.57. The summed E-state index contributed by atoms with van der Waals surface area (Å²) in [4.78, 5) is 0. The molecule has 0 atom stereocenters. The molecule has 0 bridgehead atoms. The van der Waals surface area contributed by atoms with E-state index in [0.717, 1.165) is 57.8 Å². The van der Waals surface area contributed by atoms with Crippen LogP contribution in [-0.2, 0) is 13.1 Å². The largest absolute Gasteiger partial charge is 0.459 e. The Morgan fingerprint density at radius 1 is 0.625 bits per heavy atom. The zero-order valence-corrected chi connectivity index (χ0v) is 17.3. The quantitative estimate of drug-likeness (QED) is 0.447. The predicted molar refractivity (Wildman–Crippen MR) is 119 cm³/mol. The summed E-state index contributed by atoms with van der Waals surface area (Å²) in [6, 6.07) is 24.2. The predicted octanol–water partition coefficient (Wildman–Crippen LogP) is 5.36. The Morgan fingerprint density at radius 2 is 1.28 bits per heavy atom. The number of benzene rings is 3. The molecule has 0 fully saturated rings. The monoisotopic (exact) mass is 427 g/mol. The lowest BCUT2D eigenvalue weighted by Gasteiger charge is -2.06. The van der Waals surface area contributed by atoms with Gasteiger partial charge in [-0.1, -0.05) is 36.4 Å². The van der Waals surface area contributed by atoms with E-state index in [9.17, 15) is 0 Å². The van der Waals surface area contributed by atoms with Crippen molar-refractivity contribution in [2.45, 2.75) is 13.1 Å². The molecule has 32 heavy (non-hydrogen) atoms. The lowest BCUT2D eigenvalue weighted by atomic mass is 10.0. The van der Waals surface area contributed by atoms with E-state index in [2.05, 4.69) is 23.5 Å². The number of furan rings is 1. The van der Waals surface area contributed by atoms with Gasteiger partial charge in [0.25, 0.3) is 0 Å². The van der Waals surface area contributed by atoms with Crippen LogP contribution in [0.15, 0.2) is 77.2 Å². The molecule has 0 saturated carbocycles. The Labute approximate surface area is 185 Å². The molecule has 6 heteroatoms. The van der Waals surface area contributed by atoms with Gasteiger partial charge < -0.3 is 28.7 Å². The zero-order chi connectivity index (χ0) is 21.3. The molecule has 0 spiro atoms. The normalized spacial score (nSPS) is 13.5. The van der Waals surface area contributed by atoms with E-state index in [4.69, 9.17) is 23.4 Å². The van der Waals surface area contributed by atoms with Gasteiger partial charge in [-0.25, -0.2) is 0 Å². The van der Waals surface area contributed by atoms with Crippen molar-refractivity contribution in [2.24, 2.45) is 0 Å². The third-order valence-electron chi connectivity index (χ3n) is 5.57. The summed E-state index contributed by atoms with van der Waals surface area (Å²) < 4.78 is 28.4. The smallest absolute Gasteiger partial charge is 0.231 e. The molecule has 2 aliphatic heterocycles. The second kappa shape index (κ2) is 7.98. The maximum absolute atomic E-state index is 6.34. The Bertz CT molecular complexity index is 1190. The van der Waals surface area contributed by atoms with Gasteiger partial charge >= 0.3 is 0 Å². The highest BCUT2D eigenvalue weighted by Gasteiger charge is 2.21. The van der Waals surface area contributed by atoms with Crippen LogP contribution in [-0.4, -0.2) is 13.6 Å². The molecule has 0 saturated heterocycles. The fourth-order valence-corrected chi connectivity index (χ4v) is 3.99. The van der Waals surface area contributed by atoms with Crippen LogP contribution in [0.25, 0.3) is 22.5 Å². The van der Waals surface area contributed by atoms with Gasteiger partial charge in [0.15, 0.2) is 23.0 Å². The van der Waals surface area contributed by atoms with E-state index in [-0.39, 0.29) is 13.6 Å². The molecule has 0 radical (unpaired) electrons. The first kappa shape index (κ1) is 18.8. The molecule has 6 nitrogen and oxygen atoms in total. The van der Waals surface area contributed by atoms with Crippen LogP contribution in [0.4, 0.5) is 0 Å². The summed E-state index contributed by atoms with van der Waals surface area (Å²) in [6.45, 7) is 1.85. The molecule has 160 valence electrons. The number of rotatable bonds is 6. The van der Waals surface area contributed by atoms with Gasteiger partial charge in [-0.05, 0) is 47.5 Å². The van der Waals surface area contributed by atoms with E-state index >= 15 is 0 Å². The minimum absolute atomic E-state index is 0.237. The van der Waals surface area contributed by atoms with Crippen molar-refractivity contribution in [3.63, 3.8) is 0 Å². The van der Waals surface area contributed by atoms with Crippen molar-refractivity contribution in [1.82, 2.24) is 5.32 Å². The van der Waals surface area contributed by atoms with Crippen molar-refractivity contribution >= 4 is 0 Å². The highest BCUT2D eigenvalue weighted by Crippen LogP contribution is 2.43. The third kappa shape index (κ3) is 3.55. The van der Waals surface area contributed by atoms with Gasteiger partial charge in [0.05, 0.1) is 6.54 Å². The number of nitrogens with one attached hydrogen (secondary N) is 1. The second-order valence-corrected chi connectivity index (χ2v) is 7.68. The summed E-state index contributed by atoms with van der Waals surface area (Å²) in [7, 11) is 0. The molecule has 3 aromatic carbocycles. The molecular formula is C26H21NO5. The lowest BCUT2D eigenvalue weighted by Crippen LogP contribution is -2.11. The van der Waals surface area contributed by atoms with Crippen molar-refractivity contribution in [3.05, 3.63) is 84.1 Å². The molecule has 1 N–H and O–H groups in total. The summed E-state index contributed by atoms with van der Waals surface area (Å²) >= 11 is 0.